The number of nitrogens with one attached hydrogen (secondary N) is 1. The van der Waals surface area contributed by atoms with Gasteiger partial charge in [0.15, 0.2) is 5.78 Å². The Morgan fingerprint density at radius 2 is 2.05 bits per heavy atom. The second-order valence-electron chi connectivity index (χ2n) is 5.86. The molecule has 2 heteroatoms. The summed E-state index contributed by atoms with van der Waals surface area (Å²) in [6.45, 7) is 1.23. The highest BCUT2D eigenvalue weighted by atomic mass is 16.1. The Kier molecular flexibility index (Phi) is 3.52. The highest BCUT2D eigenvalue weighted by Gasteiger charge is 2.26. The zero-order valence-corrected chi connectivity index (χ0v) is 11.6. The molecule has 1 aromatic rings. The third-order valence-electron chi connectivity index (χ3n) is 4.57. The van der Waals surface area contributed by atoms with Gasteiger partial charge in [0.05, 0.1) is 13.6 Å². The molecule has 1 aliphatic heterocycles. The van der Waals surface area contributed by atoms with Crippen molar-refractivity contribution in [3.05, 3.63) is 41.5 Å². The molecule has 0 saturated carbocycles. The fourth-order valence-corrected chi connectivity index (χ4v) is 3.34. The van der Waals surface area contributed by atoms with Gasteiger partial charge in [0.2, 0.25) is 0 Å². The first-order valence-electron chi connectivity index (χ1n) is 7.41. The molecule has 0 aromatic heterocycles. The molecule has 3 rings (SSSR count). The molecule has 1 saturated heterocycles. The summed E-state index contributed by atoms with van der Waals surface area (Å²) < 4.78 is 0. The molecule has 0 bridgehead atoms. The number of carbonyl (C=O) groups excluding carboxylic acids is 1. The number of allylic oxidation sites excluding steroid dienone is 1. The number of likely N-dealkylation sites (tertiary alicyclic amines) is 1. The largest absolute Gasteiger partial charge is 0.332 e. The highest BCUT2D eigenvalue weighted by molar-refractivity contribution is 6.22. The molecular weight excluding hydrogens is 234 g/mol. The maximum atomic E-state index is 12.3. The third-order valence-corrected chi connectivity index (χ3v) is 4.57. The van der Waals surface area contributed by atoms with Gasteiger partial charge < -0.3 is 4.90 Å². The normalized spacial score (nSPS) is 29.3. The van der Waals surface area contributed by atoms with Crippen LogP contribution < -0.4 is 4.90 Å². The minimum Gasteiger partial charge on any atom is -0.332 e. The van der Waals surface area contributed by atoms with E-state index in [1.807, 2.05) is 6.07 Å². The predicted molar refractivity (Wildman–Crippen MR) is 77.1 cm³/mol. The number of benzene rings is 1. The van der Waals surface area contributed by atoms with Crippen LogP contribution in [0, 0.1) is 0 Å². The van der Waals surface area contributed by atoms with E-state index in [4.69, 9.17) is 0 Å². The van der Waals surface area contributed by atoms with Crippen LogP contribution in [-0.4, -0.2) is 25.4 Å². The number of rotatable bonds is 1. The highest BCUT2D eigenvalue weighted by Crippen LogP contribution is 2.28. The number of piperidine rings is 1. The van der Waals surface area contributed by atoms with Gasteiger partial charge in [-0.2, -0.15) is 0 Å². The SMILES string of the molecule is C[NH+]1CCCCC1/C=C1/C(=O)CCc2ccccc21. The molecule has 0 spiro atoms. The van der Waals surface area contributed by atoms with E-state index < -0.39 is 0 Å². The minimum atomic E-state index is 0.331. The molecule has 2 atom stereocenters. The number of hydrogen-bond acceptors (Lipinski definition) is 1. The summed E-state index contributed by atoms with van der Waals surface area (Å²) in [6, 6.07) is 8.90. The average molecular weight is 256 g/mol. The van der Waals surface area contributed by atoms with E-state index in [1.165, 1.54) is 36.9 Å². The van der Waals surface area contributed by atoms with Gasteiger partial charge in [-0.1, -0.05) is 24.3 Å². The summed E-state index contributed by atoms with van der Waals surface area (Å²) in [5, 5.41) is 0. The van der Waals surface area contributed by atoms with Crippen LogP contribution in [0.2, 0.25) is 0 Å². The number of quaternary nitrogens is 1. The monoisotopic (exact) mass is 256 g/mol. The standard InChI is InChI=1S/C17H21NO/c1-18-11-5-4-7-14(18)12-16-15-8-3-2-6-13(15)9-10-17(16)19/h2-3,6,8,12,14H,4-5,7,9-11H2,1H3/p+1/b16-12+. The third kappa shape index (κ3) is 2.50. The van der Waals surface area contributed by atoms with Crippen molar-refractivity contribution in [3.63, 3.8) is 0 Å². The van der Waals surface area contributed by atoms with Crippen LogP contribution in [0.3, 0.4) is 0 Å². The van der Waals surface area contributed by atoms with Crippen LogP contribution in [-0.2, 0) is 11.2 Å². The summed E-state index contributed by atoms with van der Waals surface area (Å²) in [4.78, 5) is 13.8. The van der Waals surface area contributed by atoms with Crippen molar-refractivity contribution >= 4 is 11.4 Å². The van der Waals surface area contributed by atoms with Gasteiger partial charge >= 0.3 is 0 Å². The first-order chi connectivity index (χ1) is 9.25. The Bertz CT molecular complexity index is 518. The molecular formula is C17H22NO+. The fraction of sp³-hybridized carbons (Fsp3) is 0.471. The number of likely N-dealkylation sites (N-methyl/N-ethyl adjacent to an activating group) is 1. The topological polar surface area (TPSA) is 21.5 Å². The maximum Gasteiger partial charge on any atom is 0.163 e. The number of aryl methyl sites for hydroxylation is 1. The molecule has 1 N–H and O–H groups in total. The van der Waals surface area contributed by atoms with Gasteiger partial charge in [-0.15, -0.1) is 0 Å². The molecule has 1 aromatic carbocycles. The van der Waals surface area contributed by atoms with E-state index >= 15 is 0 Å². The summed E-state index contributed by atoms with van der Waals surface area (Å²) >= 11 is 0. The fourth-order valence-electron chi connectivity index (χ4n) is 3.34. The summed E-state index contributed by atoms with van der Waals surface area (Å²) in [5.74, 6) is 0.331. The van der Waals surface area contributed by atoms with Crippen molar-refractivity contribution in [2.45, 2.75) is 38.1 Å². The molecule has 0 radical (unpaired) electrons. The molecule has 2 unspecified atom stereocenters. The lowest BCUT2D eigenvalue weighted by Crippen LogP contribution is -3.13. The summed E-state index contributed by atoms with van der Waals surface area (Å²) in [7, 11) is 2.25. The van der Waals surface area contributed by atoms with Crippen molar-refractivity contribution in [2.24, 2.45) is 0 Å². The molecule has 1 aliphatic carbocycles. The molecule has 0 amide bonds. The molecule has 100 valence electrons. The predicted octanol–water partition coefficient (Wildman–Crippen LogP) is 1.65. The van der Waals surface area contributed by atoms with Crippen LogP contribution >= 0.6 is 0 Å². The zero-order valence-electron chi connectivity index (χ0n) is 11.6. The lowest BCUT2D eigenvalue weighted by Gasteiger charge is -2.28. The zero-order chi connectivity index (χ0) is 13.2. The Hall–Kier alpha value is -1.41. The number of Topliss-reactive ketones (excluding diaryl/α,β-unsaturated/α-hetero) is 1. The van der Waals surface area contributed by atoms with Crippen molar-refractivity contribution < 1.29 is 9.69 Å². The second kappa shape index (κ2) is 5.30. The van der Waals surface area contributed by atoms with E-state index in [0.717, 1.165) is 12.0 Å². The van der Waals surface area contributed by atoms with Crippen LogP contribution in [0.15, 0.2) is 30.3 Å². The lowest BCUT2D eigenvalue weighted by molar-refractivity contribution is -0.904. The van der Waals surface area contributed by atoms with Crippen molar-refractivity contribution in [2.75, 3.05) is 13.6 Å². The van der Waals surface area contributed by atoms with Gasteiger partial charge in [-0.05, 0) is 36.5 Å². The second-order valence-corrected chi connectivity index (χ2v) is 5.86. The van der Waals surface area contributed by atoms with Crippen LogP contribution in [0.1, 0.15) is 36.8 Å². The van der Waals surface area contributed by atoms with Crippen molar-refractivity contribution in [3.8, 4) is 0 Å². The average Bonchev–Trinajstić information content (AvgIpc) is 2.44. The van der Waals surface area contributed by atoms with E-state index in [0.29, 0.717) is 18.2 Å². The number of fused-ring (bicyclic) bond motifs is 1. The lowest BCUT2D eigenvalue weighted by atomic mass is 9.84. The van der Waals surface area contributed by atoms with E-state index in [2.05, 4.69) is 31.3 Å². The molecule has 2 aliphatic rings. The van der Waals surface area contributed by atoms with Crippen LogP contribution in [0.5, 0.6) is 0 Å². The molecule has 1 fully saturated rings. The first-order valence-corrected chi connectivity index (χ1v) is 7.41. The van der Waals surface area contributed by atoms with Gasteiger partial charge in [0.1, 0.15) is 6.04 Å². The summed E-state index contributed by atoms with van der Waals surface area (Å²) in [5.41, 5.74) is 3.49. The maximum absolute atomic E-state index is 12.3. The number of carbonyl (C=O) groups is 1. The Morgan fingerprint density at radius 1 is 1.21 bits per heavy atom. The van der Waals surface area contributed by atoms with E-state index in [1.54, 1.807) is 4.90 Å². The number of hydrogen-bond donors (Lipinski definition) is 1. The smallest absolute Gasteiger partial charge is 0.163 e. The van der Waals surface area contributed by atoms with Gasteiger partial charge in [-0.3, -0.25) is 4.79 Å². The molecule has 1 heterocycles. The van der Waals surface area contributed by atoms with Gasteiger partial charge in [0, 0.05) is 18.4 Å². The quantitative estimate of drug-likeness (QED) is 0.758. The van der Waals surface area contributed by atoms with Crippen molar-refractivity contribution in [1.29, 1.82) is 0 Å². The summed E-state index contributed by atoms with van der Waals surface area (Å²) in [6.07, 6.45) is 7.66. The van der Waals surface area contributed by atoms with Gasteiger partial charge in [-0.25, -0.2) is 0 Å². The van der Waals surface area contributed by atoms with Crippen molar-refractivity contribution in [1.82, 2.24) is 0 Å². The minimum absolute atomic E-state index is 0.331. The Morgan fingerprint density at radius 3 is 2.89 bits per heavy atom. The van der Waals surface area contributed by atoms with Crippen LogP contribution in [0.4, 0.5) is 0 Å². The van der Waals surface area contributed by atoms with E-state index in [-0.39, 0.29) is 0 Å². The molecule has 2 nitrogen and oxygen atoms in total. The Labute approximate surface area is 115 Å². The van der Waals surface area contributed by atoms with E-state index in [9.17, 15) is 4.79 Å². The van der Waals surface area contributed by atoms with Crippen LogP contribution in [0.25, 0.3) is 5.57 Å². The Balaban J connectivity index is 1.96. The number of ketones is 1. The molecule has 19 heavy (non-hydrogen) atoms. The first kappa shape index (κ1) is 12.6. The van der Waals surface area contributed by atoms with Gasteiger partial charge in [0.25, 0.3) is 0 Å².